The maximum Gasteiger partial charge on any atom is 0.340 e. The number of hydrogen-bond donors (Lipinski definition) is 2. The van der Waals surface area contributed by atoms with E-state index in [4.69, 9.17) is 17.0 Å². The lowest BCUT2D eigenvalue weighted by Crippen LogP contribution is -2.53. The highest BCUT2D eigenvalue weighted by molar-refractivity contribution is 7.80. The number of esters is 1. The van der Waals surface area contributed by atoms with Crippen LogP contribution in [-0.4, -0.2) is 61.3 Å². The number of ether oxygens (including phenoxy) is 1. The second-order valence-corrected chi connectivity index (χ2v) is 6.70. The van der Waals surface area contributed by atoms with Crippen LogP contribution in [0.4, 0.5) is 5.00 Å². The van der Waals surface area contributed by atoms with Gasteiger partial charge in [0.25, 0.3) is 0 Å². The number of hydrazine groups is 1. The van der Waals surface area contributed by atoms with Gasteiger partial charge < -0.3 is 15.0 Å². The first-order valence-electron chi connectivity index (χ1n) is 7.25. The number of likely N-dealkylation sites (N-methyl/N-ethyl adjacent to an activating group) is 1. The second-order valence-electron chi connectivity index (χ2n) is 5.16. The Labute approximate surface area is 140 Å². The third-order valence-corrected chi connectivity index (χ3v) is 4.92. The normalized spacial score (nSPS) is 16.3. The number of aryl methyl sites for hydroxylation is 1. The van der Waals surface area contributed by atoms with Gasteiger partial charge in [-0.05, 0) is 31.8 Å². The minimum absolute atomic E-state index is 0.346. The first kappa shape index (κ1) is 17.1. The highest BCUT2D eigenvalue weighted by atomic mass is 32.1. The molecular formula is C14H22N4O2S2. The van der Waals surface area contributed by atoms with Crippen LogP contribution in [0.1, 0.15) is 22.2 Å². The van der Waals surface area contributed by atoms with Crippen molar-refractivity contribution in [2.75, 3.05) is 45.7 Å². The van der Waals surface area contributed by atoms with Crippen LogP contribution in [0.15, 0.2) is 6.07 Å². The average Bonchev–Trinajstić information content (AvgIpc) is 2.91. The summed E-state index contributed by atoms with van der Waals surface area (Å²) in [5.41, 5.74) is 3.72. The largest absolute Gasteiger partial charge is 0.465 e. The highest BCUT2D eigenvalue weighted by Crippen LogP contribution is 2.29. The molecule has 1 aromatic heterocycles. The summed E-state index contributed by atoms with van der Waals surface area (Å²) < 4.78 is 4.83. The van der Waals surface area contributed by atoms with Crippen molar-refractivity contribution in [3.8, 4) is 0 Å². The van der Waals surface area contributed by atoms with Crippen molar-refractivity contribution in [1.82, 2.24) is 15.3 Å². The van der Waals surface area contributed by atoms with E-state index in [0.717, 1.165) is 42.5 Å². The fourth-order valence-corrected chi connectivity index (χ4v) is 3.45. The molecule has 2 heterocycles. The van der Waals surface area contributed by atoms with Gasteiger partial charge in [-0.25, -0.2) is 9.80 Å². The molecule has 1 fully saturated rings. The maximum absolute atomic E-state index is 11.8. The van der Waals surface area contributed by atoms with Crippen molar-refractivity contribution >= 4 is 39.6 Å². The molecule has 2 rings (SSSR count). The molecule has 0 bridgehead atoms. The van der Waals surface area contributed by atoms with Crippen molar-refractivity contribution in [2.45, 2.75) is 13.3 Å². The van der Waals surface area contributed by atoms with Gasteiger partial charge >= 0.3 is 5.97 Å². The number of methoxy groups -OCH3 is 1. The van der Waals surface area contributed by atoms with Crippen LogP contribution in [0.5, 0.6) is 0 Å². The molecule has 1 aliphatic rings. The van der Waals surface area contributed by atoms with Gasteiger partial charge in [0.05, 0.1) is 12.7 Å². The fourth-order valence-electron chi connectivity index (χ4n) is 2.16. The molecule has 2 N–H and O–H groups in total. The standard InChI is InChI=1S/C14H22N4O2S2/c1-4-10-9-11(13(19)20-3)12(22-10)15-14(21)16-18-7-5-17(2)6-8-18/h9H,4-8H2,1-3H3,(H2,15,16,21). The SMILES string of the molecule is CCc1cc(C(=O)OC)c(NC(=S)NN2CCN(C)CC2)s1. The Balaban J connectivity index is 1.98. The molecular weight excluding hydrogens is 320 g/mol. The summed E-state index contributed by atoms with van der Waals surface area (Å²) in [5, 5.41) is 6.44. The zero-order chi connectivity index (χ0) is 16.1. The van der Waals surface area contributed by atoms with Crippen molar-refractivity contribution in [3.63, 3.8) is 0 Å². The Bertz CT molecular complexity index is 539. The van der Waals surface area contributed by atoms with Crippen LogP contribution in [-0.2, 0) is 11.2 Å². The third kappa shape index (κ3) is 4.39. The van der Waals surface area contributed by atoms with Gasteiger partial charge in [-0.15, -0.1) is 11.3 Å². The number of thiophene rings is 1. The van der Waals surface area contributed by atoms with Crippen molar-refractivity contribution in [2.24, 2.45) is 0 Å². The van der Waals surface area contributed by atoms with Gasteiger partial charge in [0.1, 0.15) is 5.00 Å². The molecule has 0 atom stereocenters. The van der Waals surface area contributed by atoms with Gasteiger partial charge in [-0.3, -0.25) is 5.43 Å². The molecule has 1 saturated heterocycles. The van der Waals surface area contributed by atoms with Gasteiger partial charge in [0.15, 0.2) is 5.11 Å². The number of hydrogen-bond acceptors (Lipinski definition) is 6. The van der Waals surface area contributed by atoms with Crippen LogP contribution >= 0.6 is 23.6 Å². The molecule has 0 spiro atoms. The van der Waals surface area contributed by atoms with E-state index in [1.54, 1.807) is 0 Å². The molecule has 0 saturated carbocycles. The smallest absolute Gasteiger partial charge is 0.340 e. The van der Waals surface area contributed by atoms with E-state index < -0.39 is 0 Å². The lowest BCUT2D eigenvalue weighted by Gasteiger charge is -2.33. The lowest BCUT2D eigenvalue weighted by molar-refractivity contribution is 0.0602. The molecule has 122 valence electrons. The summed E-state index contributed by atoms with van der Waals surface area (Å²) in [6.45, 7) is 5.88. The lowest BCUT2D eigenvalue weighted by atomic mass is 10.2. The topological polar surface area (TPSA) is 56.8 Å². The minimum Gasteiger partial charge on any atom is -0.465 e. The van der Waals surface area contributed by atoms with E-state index >= 15 is 0 Å². The minimum atomic E-state index is -0.346. The Morgan fingerprint density at radius 2 is 2.09 bits per heavy atom. The summed E-state index contributed by atoms with van der Waals surface area (Å²) >= 11 is 6.88. The number of piperazine rings is 1. The second kappa shape index (κ2) is 7.87. The van der Waals surface area contributed by atoms with Crippen molar-refractivity contribution < 1.29 is 9.53 Å². The van der Waals surface area contributed by atoms with E-state index in [1.807, 2.05) is 6.07 Å². The van der Waals surface area contributed by atoms with E-state index in [1.165, 1.54) is 18.4 Å². The Kier molecular flexibility index (Phi) is 6.13. The summed E-state index contributed by atoms with van der Waals surface area (Å²) in [7, 11) is 3.49. The fraction of sp³-hybridized carbons (Fsp3) is 0.571. The number of thiocarbonyl (C=S) groups is 1. The molecule has 0 unspecified atom stereocenters. The quantitative estimate of drug-likeness (QED) is 0.636. The molecule has 0 amide bonds. The van der Waals surface area contributed by atoms with Crippen LogP contribution in [0.2, 0.25) is 0 Å². The van der Waals surface area contributed by atoms with Gasteiger partial charge in [0, 0.05) is 31.1 Å². The van der Waals surface area contributed by atoms with E-state index in [2.05, 4.69) is 34.6 Å². The van der Waals surface area contributed by atoms with E-state index in [9.17, 15) is 4.79 Å². The number of anilines is 1. The molecule has 8 heteroatoms. The van der Waals surface area contributed by atoms with Crippen LogP contribution in [0.25, 0.3) is 0 Å². The van der Waals surface area contributed by atoms with Gasteiger partial charge in [-0.2, -0.15) is 0 Å². The number of rotatable bonds is 4. The highest BCUT2D eigenvalue weighted by Gasteiger charge is 2.19. The number of nitrogens with zero attached hydrogens (tertiary/aromatic N) is 2. The first-order chi connectivity index (χ1) is 10.5. The molecule has 0 aromatic carbocycles. The Morgan fingerprint density at radius 1 is 1.41 bits per heavy atom. The zero-order valence-corrected chi connectivity index (χ0v) is 14.8. The predicted molar refractivity (Wildman–Crippen MR) is 93.5 cm³/mol. The predicted octanol–water partition coefficient (Wildman–Crippen LogP) is 1.55. The third-order valence-electron chi connectivity index (χ3n) is 3.53. The summed E-state index contributed by atoms with van der Waals surface area (Å²) in [5.74, 6) is -0.346. The first-order valence-corrected chi connectivity index (χ1v) is 8.48. The molecule has 0 radical (unpaired) electrons. The van der Waals surface area contributed by atoms with Crippen molar-refractivity contribution in [3.05, 3.63) is 16.5 Å². The van der Waals surface area contributed by atoms with Crippen molar-refractivity contribution in [1.29, 1.82) is 0 Å². The Morgan fingerprint density at radius 3 is 2.68 bits per heavy atom. The molecule has 1 aliphatic heterocycles. The number of nitrogens with one attached hydrogen (secondary N) is 2. The number of carbonyl (C=O) groups is 1. The molecule has 6 nitrogen and oxygen atoms in total. The summed E-state index contributed by atoms with van der Waals surface area (Å²) in [6.07, 6.45) is 0.870. The zero-order valence-electron chi connectivity index (χ0n) is 13.1. The molecule has 0 aliphatic carbocycles. The average molecular weight is 342 g/mol. The molecule has 1 aromatic rings. The monoisotopic (exact) mass is 342 g/mol. The van der Waals surface area contributed by atoms with Crippen LogP contribution < -0.4 is 10.7 Å². The van der Waals surface area contributed by atoms with Gasteiger partial charge in [-0.1, -0.05) is 6.92 Å². The summed E-state index contributed by atoms with van der Waals surface area (Å²) in [4.78, 5) is 15.2. The summed E-state index contributed by atoms with van der Waals surface area (Å²) in [6, 6.07) is 1.86. The number of carbonyl (C=O) groups excluding carboxylic acids is 1. The van der Waals surface area contributed by atoms with Crippen LogP contribution in [0.3, 0.4) is 0 Å². The van der Waals surface area contributed by atoms with Crippen LogP contribution in [0, 0.1) is 0 Å². The maximum atomic E-state index is 11.8. The Hall–Kier alpha value is -1.22. The molecule has 22 heavy (non-hydrogen) atoms. The van der Waals surface area contributed by atoms with Gasteiger partial charge in [0.2, 0.25) is 0 Å². The van der Waals surface area contributed by atoms with E-state index in [-0.39, 0.29) is 5.97 Å². The van der Waals surface area contributed by atoms with E-state index in [0.29, 0.717) is 10.7 Å².